The van der Waals surface area contributed by atoms with Gasteiger partial charge in [0, 0.05) is 31.5 Å². The molecular weight excluding hydrogens is 278 g/mol. The van der Waals surface area contributed by atoms with E-state index in [1.165, 1.54) is 38.5 Å². The summed E-state index contributed by atoms with van der Waals surface area (Å²) in [5, 5.41) is 7.52. The zero-order valence-electron chi connectivity index (χ0n) is 13.3. The van der Waals surface area contributed by atoms with Crippen LogP contribution in [0.1, 0.15) is 56.6 Å². The molecule has 1 N–H and O–H groups in total. The van der Waals surface area contributed by atoms with Crippen molar-refractivity contribution in [3.63, 3.8) is 0 Å². The zero-order chi connectivity index (χ0) is 15.2. The summed E-state index contributed by atoms with van der Waals surface area (Å²) < 4.78 is 7.58. The largest absolute Gasteiger partial charge is 0.373 e. The summed E-state index contributed by atoms with van der Waals surface area (Å²) in [5.41, 5.74) is 1.46. The van der Waals surface area contributed by atoms with Crippen LogP contribution in [0.2, 0.25) is 0 Å². The highest BCUT2D eigenvalue weighted by Crippen LogP contribution is 2.56. The topological polar surface area (TPSA) is 56.1 Å². The van der Waals surface area contributed by atoms with Crippen molar-refractivity contribution in [2.45, 2.75) is 57.1 Å². The molecule has 0 aromatic carbocycles. The number of carbonyl (C=O) groups excluding carboxylic acids is 1. The zero-order valence-corrected chi connectivity index (χ0v) is 13.3. The Bertz CT molecular complexity index is 562. The van der Waals surface area contributed by atoms with Gasteiger partial charge in [-0.3, -0.25) is 9.48 Å². The summed E-state index contributed by atoms with van der Waals surface area (Å²) in [6, 6.07) is 0.412. The number of hydrogen-bond acceptors (Lipinski definition) is 3. The van der Waals surface area contributed by atoms with Crippen LogP contribution in [0.25, 0.3) is 0 Å². The molecule has 5 heteroatoms. The lowest BCUT2D eigenvalue weighted by Gasteiger charge is -2.23. The van der Waals surface area contributed by atoms with Crippen LogP contribution < -0.4 is 5.32 Å². The predicted molar refractivity (Wildman–Crippen MR) is 82.1 cm³/mol. The molecule has 1 aromatic rings. The lowest BCUT2D eigenvalue weighted by molar-refractivity contribution is -0.127. The highest BCUT2D eigenvalue weighted by molar-refractivity contribution is 5.80. The van der Waals surface area contributed by atoms with Crippen LogP contribution in [-0.4, -0.2) is 28.3 Å². The molecular formula is C17H25N3O2. The Morgan fingerprint density at radius 2 is 2.23 bits per heavy atom. The average molecular weight is 303 g/mol. The van der Waals surface area contributed by atoms with Crippen molar-refractivity contribution >= 4 is 5.91 Å². The molecule has 0 radical (unpaired) electrons. The van der Waals surface area contributed by atoms with E-state index < -0.39 is 0 Å². The molecule has 2 heterocycles. The van der Waals surface area contributed by atoms with E-state index in [2.05, 4.69) is 10.4 Å². The summed E-state index contributed by atoms with van der Waals surface area (Å²) in [5.74, 6) is 0.115. The fourth-order valence-corrected chi connectivity index (χ4v) is 4.41. The van der Waals surface area contributed by atoms with E-state index in [-0.39, 0.29) is 17.9 Å². The van der Waals surface area contributed by atoms with Gasteiger partial charge in [-0.15, -0.1) is 0 Å². The molecule has 3 fully saturated rings. The molecule has 120 valence electrons. The lowest BCUT2D eigenvalue weighted by Crippen LogP contribution is -2.36. The number of nitrogens with one attached hydrogen (secondary N) is 1. The van der Waals surface area contributed by atoms with Crippen LogP contribution >= 0.6 is 0 Å². The van der Waals surface area contributed by atoms with Crippen LogP contribution in [0.5, 0.6) is 0 Å². The molecule has 3 aliphatic rings. The molecule has 2 aliphatic carbocycles. The van der Waals surface area contributed by atoms with Gasteiger partial charge < -0.3 is 10.1 Å². The van der Waals surface area contributed by atoms with Gasteiger partial charge in [-0.1, -0.05) is 19.3 Å². The summed E-state index contributed by atoms with van der Waals surface area (Å²) in [6.07, 6.45) is 12.3. The Labute approximate surface area is 131 Å². The van der Waals surface area contributed by atoms with Gasteiger partial charge in [0.25, 0.3) is 0 Å². The Hall–Kier alpha value is -1.36. The quantitative estimate of drug-likeness (QED) is 0.932. The van der Waals surface area contributed by atoms with Gasteiger partial charge in [0.1, 0.15) is 0 Å². The van der Waals surface area contributed by atoms with E-state index in [1.54, 1.807) is 4.68 Å². The fraction of sp³-hybridized carbons (Fsp3) is 0.765. The highest BCUT2D eigenvalue weighted by atomic mass is 16.5. The molecule has 1 amide bonds. The lowest BCUT2D eigenvalue weighted by atomic mass is 9.85. The van der Waals surface area contributed by atoms with E-state index in [9.17, 15) is 4.79 Å². The number of hydrogen-bond donors (Lipinski definition) is 1. The molecule has 0 bridgehead atoms. The minimum Gasteiger partial charge on any atom is -0.373 e. The van der Waals surface area contributed by atoms with E-state index >= 15 is 0 Å². The second-order valence-corrected chi connectivity index (χ2v) is 7.32. The van der Waals surface area contributed by atoms with Crippen LogP contribution in [0.15, 0.2) is 12.4 Å². The Morgan fingerprint density at radius 1 is 1.41 bits per heavy atom. The monoisotopic (exact) mass is 303 g/mol. The molecule has 1 aliphatic heterocycles. The summed E-state index contributed by atoms with van der Waals surface area (Å²) in [6.45, 7) is 0.660. The van der Waals surface area contributed by atoms with Crippen molar-refractivity contribution in [2.24, 2.45) is 18.4 Å². The number of nitrogens with zero attached hydrogens (tertiary/aromatic N) is 2. The number of aromatic nitrogens is 2. The van der Waals surface area contributed by atoms with Gasteiger partial charge >= 0.3 is 0 Å². The third kappa shape index (κ3) is 2.45. The van der Waals surface area contributed by atoms with E-state index in [0.717, 1.165) is 12.0 Å². The first-order valence-corrected chi connectivity index (χ1v) is 8.58. The first-order chi connectivity index (χ1) is 10.7. The third-order valence-electron chi connectivity index (χ3n) is 5.84. The standard InChI is InChI=1S/C17H25N3O2/c1-20-11-12(10-18-20)15-13(5-8-22-15)16(21)19-14-9-17(14)6-3-2-4-7-17/h10-11,13-15H,2-9H2,1H3,(H,19,21)/t13-,14?,15+/m0/s1. The Kier molecular flexibility index (Phi) is 3.48. The first-order valence-electron chi connectivity index (χ1n) is 8.58. The molecule has 3 atom stereocenters. The van der Waals surface area contributed by atoms with Gasteiger partial charge in [0.15, 0.2) is 0 Å². The number of carbonyl (C=O) groups is 1. The van der Waals surface area contributed by atoms with Crippen LogP contribution in [0, 0.1) is 11.3 Å². The summed E-state index contributed by atoms with van der Waals surface area (Å²) >= 11 is 0. The number of rotatable bonds is 3. The Morgan fingerprint density at radius 3 is 2.95 bits per heavy atom. The van der Waals surface area contributed by atoms with Gasteiger partial charge in [-0.2, -0.15) is 5.10 Å². The first kappa shape index (κ1) is 14.2. The normalized spacial score (nSPS) is 33.0. The maximum Gasteiger partial charge on any atom is 0.226 e. The number of ether oxygens (including phenoxy) is 1. The Balaban J connectivity index is 1.40. The SMILES string of the molecule is Cn1cc([C@H]2OCC[C@@H]2C(=O)NC2CC23CCCCC3)cn1. The number of amides is 1. The van der Waals surface area contributed by atoms with E-state index in [4.69, 9.17) is 4.74 Å². The average Bonchev–Trinajstić information content (AvgIpc) is 2.91. The second kappa shape index (κ2) is 5.37. The molecule has 1 saturated heterocycles. The summed E-state index contributed by atoms with van der Waals surface area (Å²) in [7, 11) is 1.89. The second-order valence-electron chi connectivity index (χ2n) is 7.32. The fourth-order valence-electron chi connectivity index (χ4n) is 4.41. The minimum absolute atomic E-state index is 0.0644. The minimum atomic E-state index is -0.130. The van der Waals surface area contributed by atoms with Crippen molar-refractivity contribution in [2.75, 3.05) is 6.61 Å². The third-order valence-corrected chi connectivity index (χ3v) is 5.84. The van der Waals surface area contributed by atoms with Gasteiger partial charge in [-0.05, 0) is 31.1 Å². The van der Waals surface area contributed by atoms with Gasteiger partial charge in [0.2, 0.25) is 5.91 Å². The van der Waals surface area contributed by atoms with Crippen LogP contribution in [0.4, 0.5) is 0 Å². The van der Waals surface area contributed by atoms with Gasteiger partial charge in [-0.25, -0.2) is 0 Å². The maximum absolute atomic E-state index is 12.7. The highest BCUT2D eigenvalue weighted by Gasteiger charge is 2.55. The smallest absolute Gasteiger partial charge is 0.226 e. The molecule has 5 nitrogen and oxygen atoms in total. The maximum atomic E-state index is 12.7. The summed E-state index contributed by atoms with van der Waals surface area (Å²) in [4.78, 5) is 12.7. The molecule has 1 spiro atoms. The van der Waals surface area contributed by atoms with Gasteiger partial charge in [0.05, 0.1) is 18.2 Å². The van der Waals surface area contributed by atoms with Crippen LogP contribution in [0.3, 0.4) is 0 Å². The van der Waals surface area contributed by atoms with Crippen molar-refractivity contribution < 1.29 is 9.53 Å². The van der Waals surface area contributed by atoms with Crippen molar-refractivity contribution in [1.29, 1.82) is 0 Å². The van der Waals surface area contributed by atoms with Crippen molar-refractivity contribution in [1.82, 2.24) is 15.1 Å². The molecule has 1 unspecified atom stereocenters. The van der Waals surface area contributed by atoms with E-state index in [1.807, 2.05) is 19.4 Å². The molecule has 2 saturated carbocycles. The van der Waals surface area contributed by atoms with Crippen LogP contribution in [-0.2, 0) is 16.6 Å². The predicted octanol–water partition coefficient (Wildman–Crippen LogP) is 2.34. The van der Waals surface area contributed by atoms with Crippen molar-refractivity contribution in [3.05, 3.63) is 18.0 Å². The molecule has 22 heavy (non-hydrogen) atoms. The number of aryl methyl sites for hydroxylation is 1. The molecule has 1 aromatic heterocycles. The molecule has 4 rings (SSSR count). The van der Waals surface area contributed by atoms with Crippen molar-refractivity contribution in [3.8, 4) is 0 Å². The van der Waals surface area contributed by atoms with E-state index in [0.29, 0.717) is 18.1 Å².